The van der Waals surface area contributed by atoms with Crippen LogP contribution in [0.15, 0.2) is 24.3 Å². The molecule has 1 aromatic heterocycles. The van der Waals surface area contributed by atoms with E-state index in [4.69, 9.17) is 5.73 Å². The Labute approximate surface area is 117 Å². The molecule has 0 unspecified atom stereocenters. The molecule has 1 heterocycles. The Morgan fingerprint density at radius 3 is 2.60 bits per heavy atom. The minimum Gasteiger partial charge on any atom is -0.364 e. The molecular weight excluding hydrogens is 254 g/mol. The number of carbonyl (C=O) groups excluding carboxylic acids is 2. The fourth-order valence-corrected chi connectivity index (χ4v) is 2.25. The third-order valence-corrected chi connectivity index (χ3v) is 3.17. The number of hydrogen-bond acceptors (Lipinski definition) is 2. The van der Waals surface area contributed by atoms with Crippen molar-refractivity contribution >= 4 is 28.4 Å². The highest BCUT2D eigenvalue weighted by Gasteiger charge is 2.11. The molecule has 5 heteroatoms. The summed E-state index contributed by atoms with van der Waals surface area (Å²) in [5.74, 6) is -0.156. The zero-order valence-corrected chi connectivity index (χ0v) is 11.9. The molecule has 0 spiro atoms. The van der Waals surface area contributed by atoms with Crippen molar-refractivity contribution in [3.05, 3.63) is 30.0 Å². The molecule has 2 aromatic rings. The van der Waals surface area contributed by atoms with Crippen LogP contribution in [0, 0.1) is 5.92 Å². The van der Waals surface area contributed by atoms with Crippen LogP contribution in [-0.4, -0.2) is 16.4 Å². The number of nitrogens with zero attached hydrogens (tertiary/aromatic N) is 1. The van der Waals surface area contributed by atoms with Crippen molar-refractivity contribution in [2.45, 2.75) is 20.3 Å². The molecule has 2 amide bonds. The number of nitrogens with two attached hydrogens (primary N) is 1. The van der Waals surface area contributed by atoms with Gasteiger partial charge in [-0.2, -0.15) is 0 Å². The second kappa shape index (κ2) is 5.36. The Hall–Kier alpha value is -2.30. The molecule has 0 aliphatic carbocycles. The Balaban J connectivity index is 2.30. The summed E-state index contributed by atoms with van der Waals surface area (Å²) < 4.78 is 1.75. The van der Waals surface area contributed by atoms with Crippen molar-refractivity contribution in [2.24, 2.45) is 18.7 Å². The summed E-state index contributed by atoms with van der Waals surface area (Å²) in [6.45, 7) is 4.00. The van der Waals surface area contributed by atoms with Crippen LogP contribution >= 0.6 is 0 Å². The number of anilines is 1. The zero-order valence-electron chi connectivity index (χ0n) is 11.9. The highest BCUT2D eigenvalue weighted by molar-refractivity contribution is 5.99. The van der Waals surface area contributed by atoms with E-state index in [1.54, 1.807) is 17.7 Å². The fraction of sp³-hybridized carbons (Fsp3) is 0.333. The number of rotatable bonds is 4. The van der Waals surface area contributed by atoms with Gasteiger partial charge in [0.15, 0.2) is 0 Å². The summed E-state index contributed by atoms with van der Waals surface area (Å²) in [5.41, 5.74) is 7.40. The summed E-state index contributed by atoms with van der Waals surface area (Å²) in [6, 6.07) is 7.27. The zero-order chi connectivity index (χ0) is 14.9. The van der Waals surface area contributed by atoms with Crippen molar-refractivity contribution in [1.82, 2.24) is 4.57 Å². The van der Waals surface area contributed by atoms with Crippen molar-refractivity contribution in [2.75, 3.05) is 5.32 Å². The van der Waals surface area contributed by atoms with Gasteiger partial charge in [0, 0.05) is 30.1 Å². The van der Waals surface area contributed by atoms with Crippen molar-refractivity contribution in [3.8, 4) is 0 Å². The lowest BCUT2D eigenvalue weighted by Crippen LogP contribution is -2.14. The SMILES string of the molecule is CC(C)CC(=O)Nc1ccc2c(c1)cc(C(N)=O)n2C. The second-order valence-electron chi connectivity index (χ2n) is 5.37. The summed E-state index contributed by atoms with van der Waals surface area (Å²) in [4.78, 5) is 23.1. The number of nitrogens with one attached hydrogen (secondary N) is 1. The third kappa shape index (κ3) is 2.82. The third-order valence-electron chi connectivity index (χ3n) is 3.17. The maximum absolute atomic E-state index is 11.7. The van der Waals surface area contributed by atoms with Gasteiger partial charge in [0.1, 0.15) is 5.69 Å². The van der Waals surface area contributed by atoms with Crippen molar-refractivity contribution < 1.29 is 9.59 Å². The summed E-state index contributed by atoms with van der Waals surface area (Å²) in [6.07, 6.45) is 0.485. The van der Waals surface area contributed by atoms with Gasteiger partial charge >= 0.3 is 0 Å². The molecule has 0 atom stereocenters. The number of fused-ring (bicyclic) bond motifs is 1. The van der Waals surface area contributed by atoms with Gasteiger partial charge in [0.25, 0.3) is 5.91 Å². The van der Waals surface area contributed by atoms with Crippen LogP contribution in [0.5, 0.6) is 0 Å². The molecule has 5 nitrogen and oxygen atoms in total. The lowest BCUT2D eigenvalue weighted by molar-refractivity contribution is -0.116. The molecule has 1 aromatic carbocycles. The quantitative estimate of drug-likeness (QED) is 0.896. The van der Waals surface area contributed by atoms with E-state index in [-0.39, 0.29) is 5.91 Å². The largest absolute Gasteiger partial charge is 0.364 e. The number of benzene rings is 1. The first-order valence-electron chi connectivity index (χ1n) is 6.57. The van der Waals surface area contributed by atoms with E-state index in [0.717, 1.165) is 16.6 Å². The molecular formula is C15H19N3O2. The molecule has 3 N–H and O–H groups in total. The van der Waals surface area contributed by atoms with E-state index in [2.05, 4.69) is 5.32 Å². The summed E-state index contributed by atoms with van der Waals surface area (Å²) in [7, 11) is 1.79. The smallest absolute Gasteiger partial charge is 0.265 e. The molecule has 20 heavy (non-hydrogen) atoms. The van der Waals surface area contributed by atoms with Gasteiger partial charge in [-0.05, 0) is 30.2 Å². The Morgan fingerprint density at radius 2 is 2.00 bits per heavy atom. The van der Waals surface area contributed by atoms with Gasteiger partial charge < -0.3 is 15.6 Å². The van der Waals surface area contributed by atoms with Gasteiger partial charge in [-0.3, -0.25) is 9.59 Å². The van der Waals surface area contributed by atoms with Crippen LogP contribution in [-0.2, 0) is 11.8 Å². The molecule has 2 rings (SSSR count). The Kier molecular flexibility index (Phi) is 3.79. The molecule has 106 valence electrons. The van der Waals surface area contributed by atoms with Crippen LogP contribution in [0.3, 0.4) is 0 Å². The van der Waals surface area contributed by atoms with Crippen LogP contribution in [0.2, 0.25) is 0 Å². The minimum absolute atomic E-state index is 0.00888. The maximum atomic E-state index is 11.7. The normalized spacial score (nSPS) is 11.0. The lowest BCUT2D eigenvalue weighted by Gasteiger charge is -2.07. The first-order chi connectivity index (χ1) is 9.38. The average molecular weight is 273 g/mol. The van der Waals surface area contributed by atoms with E-state index in [0.29, 0.717) is 18.0 Å². The Bertz CT molecular complexity index is 671. The highest BCUT2D eigenvalue weighted by Crippen LogP contribution is 2.22. The van der Waals surface area contributed by atoms with Crippen molar-refractivity contribution in [1.29, 1.82) is 0 Å². The molecule has 0 bridgehead atoms. The van der Waals surface area contributed by atoms with Gasteiger partial charge in [-0.15, -0.1) is 0 Å². The molecule has 0 aliphatic rings. The monoisotopic (exact) mass is 273 g/mol. The predicted octanol–water partition coefficient (Wildman–Crippen LogP) is 2.26. The summed E-state index contributed by atoms with van der Waals surface area (Å²) in [5, 5.41) is 3.74. The summed E-state index contributed by atoms with van der Waals surface area (Å²) >= 11 is 0. The topological polar surface area (TPSA) is 77.1 Å². The highest BCUT2D eigenvalue weighted by atomic mass is 16.2. The molecule has 0 saturated carbocycles. The van der Waals surface area contributed by atoms with Gasteiger partial charge in [0.2, 0.25) is 5.91 Å². The average Bonchev–Trinajstić information content (AvgIpc) is 2.65. The predicted molar refractivity (Wildman–Crippen MR) is 79.5 cm³/mol. The van der Waals surface area contributed by atoms with Crippen LogP contribution in [0.4, 0.5) is 5.69 Å². The molecule has 0 fully saturated rings. The van der Waals surface area contributed by atoms with Crippen molar-refractivity contribution in [3.63, 3.8) is 0 Å². The fourth-order valence-electron chi connectivity index (χ4n) is 2.25. The Morgan fingerprint density at radius 1 is 1.30 bits per heavy atom. The number of aryl methyl sites for hydroxylation is 1. The van der Waals surface area contributed by atoms with E-state index in [1.165, 1.54) is 0 Å². The second-order valence-corrected chi connectivity index (χ2v) is 5.37. The minimum atomic E-state index is -0.464. The van der Waals surface area contributed by atoms with E-state index in [9.17, 15) is 9.59 Å². The number of amides is 2. The number of hydrogen-bond donors (Lipinski definition) is 2. The number of carbonyl (C=O) groups is 2. The maximum Gasteiger partial charge on any atom is 0.265 e. The first kappa shape index (κ1) is 14.1. The van der Waals surface area contributed by atoms with Crippen LogP contribution in [0.25, 0.3) is 10.9 Å². The van der Waals surface area contributed by atoms with Gasteiger partial charge in [0.05, 0.1) is 0 Å². The number of aromatic nitrogens is 1. The standard InChI is InChI=1S/C15H19N3O2/c1-9(2)6-14(19)17-11-4-5-12-10(7-11)8-13(15(16)20)18(12)3/h4-5,7-9H,6H2,1-3H3,(H2,16,20)(H,17,19). The number of primary amides is 1. The molecule has 0 aliphatic heterocycles. The molecule has 0 radical (unpaired) electrons. The van der Waals surface area contributed by atoms with Crippen LogP contribution < -0.4 is 11.1 Å². The molecule has 0 saturated heterocycles. The van der Waals surface area contributed by atoms with E-state index < -0.39 is 5.91 Å². The van der Waals surface area contributed by atoms with E-state index >= 15 is 0 Å². The van der Waals surface area contributed by atoms with E-state index in [1.807, 2.05) is 32.0 Å². The van der Waals surface area contributed by atoms with Gasteiger partial charge in [-0.25, -0.2) is 0 Å². The van der Waals surface area contributed by atoms with Crippen LogP contribution in [0.1, 0.15) is 30.8 Å². The van der Waals surface area contributed by atoms with Gasteiger partial charge in [-0.1, -0.05) is 13.8 Å². The lowest BCUT2D eigenvalue weighted by atomic mass is 10.1. The first-order valence-corrected chi connectivity index (χ1v) is 6.57.